The summed E-state index contributed by atoms with van der Waals surface area (Å²) in [5, 5.41) is 0. The van der Waals surface area contributed by atoms with Crippen LogP contribution in [0.25, 0.3) is 0 Å². The van der Waals surface area contributed by atoms with Crippen molar-refractivity contribution in [3.63, 3.8) is 0 Å². The molecule has 1 saturated carbocycles. The molecular weight excluding hydrogens is 443 g/mol. The zero-order valence-corrected chi connectivity index (χ0v) is 18.4. The highest BCUT2D eigenvalue weighted by Crippen LogP contribution is 2.33. The summed E-state index contributed by atoms with van der Waals surface area (Å²) in [5.74, 6) is -8.69. The number of hydrogen-bond donors (Lipinski definition) is 0. The van der Waals surface area contributed by atoms with Crippen LogP contribution >= 0.6 is 0 Å². The lowest BCUT2D eigenvalue weighted by Gasteiger charge is -2.28. The summed E-state index contributed by atoms with van der Waals surface area (Å²) in [4.78, 5) is 12.1. The Labute approximate surface area is 189 Å². The van der Waals surface area contributed by atoms with Crippen LogP contribution in [0.15, 0.2) is 24.3 Å². The van der Waals surface area contributed by atoms with E-state index in [1.54, 1.807) is 0 Å². The van der Waals surface area contributed by atoms with E-state index in [9.17, 15) is 26.7 Å². The third-order valence-electron chi connectivity index (χ3n) is 6.06. The SMILES string of the molecule is CCCCC[C@H]1CC[C@H](COc2cc(F)c(C(=O)Oc3cc(F)c(F)c(F)c3)c(F)c2)CC1. The Balaban J connectivity index is 1.56. The molecule has 0 spiro atoms. The van der Waals surface area contributed by atoms with E-state index in [-0.39, 0.29) is 5.75 Å². The van der Waals surface area contributed by atoms with E-state index in [0.717, 1.165) is 43.7 Å². The zero-order chi connectivity index (χ0) is 24.0. The van der Waals surface area contributed by atoms with Crippen LogP contribution in [0.1, 0.15) is 68.6 Å². The Morgan fingerprint density at radius 1 is 0.818 bits per heavy atom. The minimum Gasteiger partial charge on any atom is -0.493 e. The van der Waals surface area contributed by atoms with Gasteiger partial charge >= 0.3 is 5.97 Å². The van der Waals surface area contributed by atoms with Crippen LogP contribution < -0.4 is 9.47 Å². The summed E-state index contributed by atoms with van der Waals surface area (Å²) in [6, 6.07) is 2.54. The molecule has 8 heteroatoms. The molecule has 3 rings (SSSR count). The molecule has 1 fully saturated rings. The topological polar surface area (TPSA) is 35.5 Å². The fraction of sp³-hybridized carbons (Fsp3) is 0.480. The van der Waals surface area contributed by atoms with Gasteiger partial charge in [0.05, 0.1) is 6.61 Å². The molecule has 180 valence electrons. The van der Waals surface area contributed by atoms with Crippen molar-refractivity contribution in [2.24, 2.45) is 11.8 Å². The van der Waals surface area contributed by atoms with E-state index in [2.05, 4.69) is 11.7 Å². The van der Waals surface area contributed by atoms with Gasteiger partial charge in [0.2, 0.25) is 0 Å². The second kappa shape index (κ2) is 11.5. The van der Waals surface area contributed by atoms with Gasteiger partial charge in [-0.05, 0) is 24.7 Å². The number of rotatable bonds is 9. The molecule has 33 heavy (non-hydrogen) atoms. The third-order valence-corrected chi connectivity index (χ3v) is 6.06. The lowest BCUT2D eigenvalue weighted by Crippen LogP contribution is -2.20. The van der Waals surface area contributed by atoms with E-state index < -0.39 is 46.4 Å². The van der Waals surface area contributed by atoms with E-state index >= 15 is 0 Å². The van der Waals surface area contributed by atoms with Crippen molar-refractivity contribution in [2.45, 2.75) is 58.3 Å². The number of carbonyl (C=O) groups excluding carboxylic acids is 1. The fourth-order valence-electron chi connectivity index (χ4n) is 4.16. The quantitative estimate of drug-likeness (QED) is 0.126. The highest BCUT2D eigenvalue weighted by molar-refractivity contribution is 5.91. The average Bonchev–Trinajstić information content (AvgIpc) is 2.76. The number of unbranched alkanes of at least 4 members (excludes halogenated alkanes) is 2. The van der Waals surface area contributed by atoms with Crippen molar-refractivity contribution in [3.05, 3.63) is 58.9 Å². The second-order valence-electron chi connectivity index (χ2n) is 8.55. The molecule has 1 aliphatic rings. The molecule has 2 aromatic carbocycles. The van der Waals surface area contributed by atoms with Crippen molar-refractivity contribution in [1.82, 2.24) is 0 Å². The van der Waals surface area contributed by atoms with Crippen molar-refractivity contribution < 1.29 is 36.2 Å². The molecule has 0 N–H and O–H groups in total. The van der Waals surface area contributed by atoms with Gasteiger partial charge < -0.3 is 9.47 Å². The molecule has 0 radical (unpaired) electrons. The van der Waals surface area contributed by atoms with Crippen molar-refractivity contribution >= 4 is 5.97 Å². The number of esters is 1. The monoisotopic (exact) mass is 470 g/mol. The number of ether oxygens (including phenoxy) is 2. The number of carbonyl (C=O) groups is 1. The number of hydrogen-bond acceptors (Lipinski definition) is 3. The first-order chi connectivity index (χ1) is 15.8. The Kier molecular flexibility index (Phi) is 8.69. The molecule has 0 unspecified atom stereocenters. The molecular formula is C25H27F5O3. The molecule has 0 aromatic heterocycles. The number of halogens is 5. The van der Waals surface area contributed by atoms with Crippen LogP contribution in [0.3, 0.4) is 0 Å². The largest absolute Gasteiger partial charge is 0.493 e. The van der Waals surface area contributed by atoms with Crippen LogP contribution in [0.2, 0.25) is 0 Å². The van der Waals surface area contributed by atoms with E-state index in [0.29, 0.717) is 24.7 Å². The molecule has 0 bridgehead atoms. The molecule has 0 heterocycles. The lowest BCUT2D eigenvalue weighted by atomic mass is 9.80. The highest BCUT2D eigenvalue weighted by atomic mass is 19.2. The predicted molar refractivity (Wildman–Crippen MR) is 113 cm³/mol. The minimum absolute atomic E-state index is 0.0644. The first kappa shape index (κ1) is 25.0. The summed E-state index contributed by atoms with van der Waals surface area (Å²) in [7, 11) is 0. The van der Waals surface area contributed by atoms with Gasteiger partial charge in [0.25, 0.3) is 0 Å². The highest BCUT2D eigenvalue weighted by Gasteiger charge is 2.24. The molecule has 0 atom stereocenters. The van der Waals surface area contributed by atoms with Crippen LogP contribution in [-0.2, 0) is 0 Å². The third kappa shape index (κ3) is 6.68. The summed E-state index contributed by atoms with van der Waals surface area (Å²) < 4.78 is 78.6. The summed E-state index contributed by atoms with van der Waals surface area (Å²) >= 11 is 0. The Bertz CT molecular complexity index is 925. The van der Waals surface area contributed by atoms with Gasteiger partial charge in [-0.3, -0.25) is 0 Å². The smallest absolute Gasteiger partial charge is 0.349 e. The van der Waals surface area contributed by atoms with Crippen molar-refractivity contribution in [3.8, 4) is 11.5 Å². The molecule has 0 saturated heterocycles. The summed E-state index contributed by atoms with van der Waals surface area (Å²) in [5.41, 5.74) is -1.04. The van der Waals surface area contributed by atoms with Gasteiger partial charge in [-0.1, -0.05) is 45.4 Å². The normalized spacial score (nSPS) is 18.2. The van der Waals surface area contributed by atoms with Crippen LogP contribution in [0, 0.1) is 40.9 Å². The maximum Gasteiger partial charge on any atom is 0.349 e. The predicted octanol–water partition coefficient (Wildman–Crippen LogP) is 7.37. The van der Waals surface area contributed by atoms with Gasteiger partial charge in [-0.15, -0.1) is 0 Å². The lowest BCUT2D eigenvalue weighted by molar-refractivity contribution is 0.0723. The molecule has 1 aliphatic carbocycles. The molecule has 0 aliphatic heterocycles. The van der Waals surface area contributed by atoms with Gasteiger partial charge in [0, 0.05) is 24.3 Å². The van der Waals surface area contributed by atoms with Crippen LogP contribution in [-0.4, -0.2) is 12.6 Å². The Morgan fingerprint density at radius 2 is 1.36 bits per heavy atom. The first-order valence-electron chi connectivity index (χ1n) is 11.3. The standard InChI is InChI=1S/C25H27F5O3/c1-2-3-4-5-15-6-8-16(9-7-15)14-32-17-10-19(26)23(20(27)11-17)25(31)33-18-12-21(28)24(30)22(29)13-18/h10-13,15-16H,2-9,14H2,1H3/t15-,16-. The van der Waals surface area contributed by atoms with E-state index in [1.165, 1.54) is 25.7 Å². The second-order valence-corrected chi connectivity index (χ2v) is 8.55. The van der Waals surface area contributed by atoms with Crippen molar-refractivity contribution in [1.29, 1.82) is 0 Å². The Morgan fingerprint density at radius 3 is 1.94 bits per heavy atom. The van der Waals surface area contributed by atoms with Crippen LogP contribution in [0.4, 0.5) is 22.0 Å². The van der Waals surface area contributed by atoms with Gasteiger partial charge in [0.1, 0.15) is 28.7 Å². The zero-order valence-electron chi connectivity index (χ0n) is 18.4. The Hall–Kier alpha value is -2.64. The van der Waals surface area contributed by atoms with Crippen molar-refractivity contribution in [2.75, 3.05) is 6.61 Å². The van der Waals surface area contributed by atoms with E-state index in [4.69, 9.17) is 4.74 Å². The van der Waals surface area contributed by atoms with Gasteiger partial charge in [0.15, 0.2) is 17.5 Å². The van der Waals surface area contributed by atoms with E-state index in [1.807, 2.05) is 0 Å². The van der Waals surface area contributed by atoms with Gasteiger partial charge in [-0.2, -0.15) is 0 Å². The molecule has 3 nitrogen and oxygen atoms in total. The molecule has 2 aromatic rings. The maximum absolute atomic E-state index is 14.4. The molecule has 0 amide bonds. The minimum atomic E-state index is -1.75. The first-order valence-corrected chi connectivity index (χ1v) is 11.3. The fourth-order valence-corrected chi connectivity index (χ4v) is 4.16. The number of benzene rings is 2. The summed E-state index contributed by atoms with van der Waals surface area (Å²) in [6.45, 7) is 2.50. The van der Waals surface area contributed by atoms with Gasteiger partial charge in [-0.25, -0.2) is 26.7 Å². The average molecular weight is 470 g/mol. The van der Waals surface area contributed by atoms with Crippen LogP contribution in [0.5, 0.6) is 11.5 Å². The summed E-state index contributed by atoms with van der Waals surface area (Å²) in [6.07, 6.45) is 9.18. The maximum atomic E-state index is 14.4.